The highest BCUT2D eigenvalue weighted by Crippen LogP contribution is 2.30. The molecule has 2 heterocycles. The molecule has 0 radical (unpaired) electrons. The second kappa shape index (κ2) is 15.9. The number of carbonyl (C=O) groups is 3. The maximum absolute atomic E-state index is 14.2. The summed E-state index contributed by atoms with van der Waals surface area (Å²) in [5.41, 5.74) is 6.93. The maximum atomic E-state index is 14.2. The first kappa shape index (κ1) is 35.3. The Balaban J connectivity index is 1.45. The van der Waals surface area contributed by atoms with Gasteiger partial charge in [0.05, 0.1) is 11.8 Å². The Bertz CT molecular complexity index is 1990. The second-order valence-electron chi connectivity index (χ2n) is 11.4. The Labute approximate surface area is 300 Å². The highest BCUT2D eigenvalue weighted by Gasteiger charge is 2.35. The highest BCUT2D eigenvalue weighted by atomic mass is 79.9. The minimum absolute atomic E-state index is 0.0684. The maximum Gasteiger partial charge on any atom is 0.285 e. The molecule has 0 saturated heterocycles. The van der Waals surface area contributed by atoms with Crippen LogP contribution in [-0.2, 0) is 14.4 Å². The quantitative estimate of drug-likeness (QED) is 0.101. The zero-order valence-electron chi connectivity index (χ0n) is 27.8. The molecule has 1 N–H and O–H groups in total. The van der Waals surface area contributed by atoms with Crippen molar-refractivity contribution in [3.05, 3.63) is 165 Å². The molecule has 248 valence electrons. The first-order chi connectivity index (χ1) is 23.6. The monoisotopic (exact) mass is 732 g/mol. The van der Waals surface area contributed by atoms with Crippen molar-refractivity contribution in [2.75, 3.05) is 5.75 Å². The number of hydrogen-bond donors (Lipinski definition) is 1. The molecule has 4 aromatic rings. The van der Waals surface area contributed by atoms with Crippen LogP contribution < -0.4 is 5.32 Å². The van der Waals surface area contributed by atoms with Crippen molar-refractivity contribution in [1.82, 2.24) is 14.8 Å². The van der Waals surface area contributed by atoms with Crippen LogP contribution in [0.15, 0.2) is 137 Å². The van der Waals surface area contributed by atoms with Crippen LogP contribution in [0.25, 0.3) is 11.8 Å². The lowest BCUT2D eigenvalue weighted by atomic mass is 9.99. The van der Waals surface area contributed by atoms with Gasteiger partial charge in [-0.3, -0.25) is 19.3 Å². The van der Waals surface area contributed by atoms with Gasteiger partial charge in [0.2, 0.25) is 5.91 Å². The van der Waals surface area contributed by atoms with Crippen molar-refractivity contribution in [2.24, 2.45) is 4.99 Å². The summed E-state index contributed by atoms with van der Waals surface area (Å²) in [5, 5.41) is 3.24. The molecule has 49 heavy (non-hydrogen) atoms. The normalized spacial score (nSPS) is 14.6. The average Bonchev–Trinajstić information content (AvgIpc) is 3.39. The van der Waals surface area contributed by atoms with Crippen molar-refractivity contribution >= 4 is 56.7 Å². The number of amidine groups is 1. The number of allylic oxidation sites excluding steroid dienone is 4. The predicted octanol–water partition coefficient (Wildman–Crippen LogP) is 8.56. The summed E-state index contributed by atoms with van der Waals surface area (Å²) in [6.45, 7) is 11.5. The molecule has 0 saturated carbocycles. The van der Waals surface area contributed by atoms with Crippen LogP contribution in [0.3, 0.4) is 0 Å². The third-order valence-electron chi connectivity index (χ3n) is 8.08. The first-order valence-electron chi connectivity index (χ1n) is 15.7. The van der Waals surface area contributed by atoms with Gasteiger partial charge >= 0.3 is 0 Å². The molecule has 1 aromatic heterocycles. The molecule has 0 unspecified atom stereocenters. The molecule has 1 aliphatic rings. The van der Waals surface area contributed by atoms with Crippen molar-refractivity contribution < 1.29 is 14.4 Å². The third-order valence-corrected chi connectivity index (χ3v) is 9.91. The largest absolute Gasteiger partial charge is 0.344 e. The minimum atomic E-state index is -0.664. The summed E-state index contributed by atoms with van der Waals surface area (Å²) in [4.78, 5) is 46.9. The lowest BCUT2D eigenvalue weighted by molar-refractivity contribution is -0.126. The molecule has 5 rings (SSSR count). The van der Waals surface area contributed by atoms with Crippen LogP contribution in [0, 0.1) is 20.8 Å². The van der Waals surface area contributed by atoms with Crippen molar-refractivity contribution in [3.8, 4) is 5.69 Å². The van der Waals surface area contributed by atoms with E-state index in [0.29, 0.717) is 5.70 Å². The van der Waals surface area contributed by atoms with Gasteiger partial charge in [0.25, 0.3) is 11.8 Å². The number of nitrogens with one attached hydrogen (secondary N) is 1. The fraction of sp³-hybridized carbons (Fsp3) is 0.150. The van der Waals surface area contributed by atoms with Crippen LogP contribution in [0.5, 0.6) is 0 Å². The number of aromatic nitrogens is 1. The smallest absolute Gasteiger partial charge is 0.285 e. The van der Waals surface area contributed by atoms with Crippen molar-refractivity contribution in [2.45, 2.75) is 33.7 Å². The molecule has 3 aromatic carbocycles. The van der Waals surface area contributed by atoms with Gasteiger partial charge in [-0.25, -0.2) is 0 Å². The predicted molar refractivity (Wildman–Crippen MR) is 203 cm³/mol. The van der Waals surface area contributed by atoms with E-state index < -0.39 is 11.8 Å². The zero-order valence-corrected chi connectivity index (χ0v) is 30.2. The van der Waals surface area contributed by atoms with Gasteiger partial charge in [0, 0.05) is 27.2 Å². The van der Waals surface area contributed by atoms with E-state index in [1.54, 1.807) is 37.3 Å². The van der Waals surface area contributed by atoms with Gasteiger partial charge in [-0.15, -0.1) is 0 Å². The van der Waals surface area contributed by atoms with Gasteiger partial charge < -0.3 is 9.88 Å². The minimum Gasteiger partial charge on any atom is -0.344 e. The van der Waals surface area contributed by atoms with Crippen molar-refractivity contribution in [1.29, 1.82) is 0 Å². The van der Waals surface area contributed by atoms with E-state index in [1.807, 2.05) is 99.6 Å². The number of halogens is 1. The van der Waals surface area contributed by atoms with Gasteiger partial charge in [-0.1, -0.05) is 113 Å². The molecule has 3 amide bonds. The molecular formula is C40H37BrN4O3S. The summed E-state index contributed by atoms with van der Waals surface area (Å²) in [5.74, 6) is -1.53. The molecule has 0 spiro atoms. The summed E-state index contributed by atoms with van der Waals surface area (Å²) >= 11 is 4.60. The van der Waals surface area contributed by atoms with Crippen molar-refractivity contribution in [3.63, 3.8) is 0 Å². The molecule has 0 fully saturated rings. The molecule has 7 nitrogen and oxygen atoms in total. The van der Waals surface area contributed by atoms with Crippen LogP contribution in [-0.4, -0.2) is 38.1 Å². The molecular weight excluding hydrogens is 696 g/mol. The average molecular weight is 734 g/mol. The van der Waals surface area contributed by atoms with E-state index in [-0.39, 0.29) is 28.4 Å². The second-order valence-corrected chi connectivity index (χ2v) is 13.2. The summed E-state index contributed by atoms with van der Waals surface area (Å²) in [6, 6.07) is 27.1. The van der Waals surface area contributed by atoms with Crippen LogP contribution >= 0.6 is 27.7 Å². The van der Waals surface area contributed by atoms with Gasteiger partial charge in [0.15, 0.2) is 5.17 Å². The van der Waals surface area contributed by atoms with Crippen LogP contribution in [0.1, 0.15) is 46.6 Å². The zero-order chi connectivity index (χ0) is 35.1. The van der Waals surface area contributed by atoms with E-state index in [4.69, 9.17) is 0 Å². The summed E-state index contributed by atoms with van der Waals surface area (Å²) in [7, 11) is 0. The van der Waals surface area contributed by atoms with Crippen LogP contribution in [0.4, 0.5) is 0 Å². The van der Waals surface area contributed by atoms with E-state index in [1.165, 1.54) is 4.90 Å². The Morgan fingerprint density at radius 2 is 1.63 bits per heavy atom. The highest BCUT2D eigenvalue weighted by molar-refractivity contribution is 9.10. The number of amides is 3. The number of nitrogens with zero attached hydrogens (tertiary/aromatic N) is 3. The van der Waals surface area contributed by atoms with E-state index in [9.17, 15) is 14.4 Å². The number of hydrogen-bond acceptors (Lipinski definition) is 4. The number of aryl methyl sites for hydroxylation is 2. The third kappa shape index (κ3) is 8.01. The molecule has 9 heteroatoms. The van der Waals surface area contributed by atoms with E-state index in [0.717, 1.165) is 55.6 Å². The topological polar surface area (TPSA) is 83.8 Å². The fourth-order valence-corrected chi connectivity index (χ4v) is 6.70. The number of rotatable bonds is 10. The lowest BCUT2D eigenvalue weighted by Crippen LogP contribution is -2.42. The molecule has 0 aliphatic carbocycles. The molecule has 1 aliphatic heterocycles. The van der Waals surface area contributed by atoms with E-state index >= 15 is 0 Å². The number of thioether (sulfide) groups is 1. The van der Waals surface area contributed by atoms with Crippen LogP contribution in [0.2, 0.25) is 0 Å². The Kier molecular flexibility index (Phi) is 11.5. The fourth-order valence-electron chi connectivity index (χ4n) is 5.65. The molecule has 0 bridgehead atoms. The number of carbonyl (C=O) groups excluding carboxylic acids is 3. The summed E-state index contributed by atoms with van der Waals surface area (Å²) < 4.78 is 3.11. The Hall–Kier alpha value is -4.99. The van der Waals surface area contributed by atoms with Gasteiger partial charge in [0.1, 0.15) is 5.57 Å². The Morgan fingerprint density at radius 1 is 0.980 bits per heavy atom. The summed E-state index contributed by atoms with van der Waals surface area (Å²) in [6.07, 6.45) is 8.38. The number of aliphatic imine (C=N–C) groups is 1. The SMILES string of the molecule is C=C/C=C\C(=C/C)N1C(=O)/C(=C/c2cc(C)n(-c3ccc(Br)c(C)c3)c2C)C(=O)N=C1SCC(=O)NC(c1ccccc1)c1ccccc1. The Morgan fingerprint density at radius 3 is 2.22 bits per heavy atom. The van der Waals surface area contributed by atoms with Gasteiger partial charge in [-0.05, 0) is 86.4 Å². The molecule has 0 atom stereocenters. The van der Waals surface area contributed by atoms with E-state index in [2.05, 4.69) is 43.5 Å². The standard InChI is InChI=1S/C40H37BrN4O3S/c1-6-8-19-32(7-2)45-39(48)34(24-31-23-27(4)44(28(31)5)33-20-21-35(41)26(3)22-33)38(47)43-40(45)49-25-36(46)42-37(29-15-11-9-12-16-29)30-17-13-10-14-18-30/h6-24,37H,1,25H2,2-5H3,(H,42,46)/b19-8-,32-7+,34-24+. The number of benzene rings is 3. The lowest BCUT2D eigenvalue weighted by Gasteiger charge is -2.28. The first-order valence-corrected chi connectivity index (χ1v) is 17.5. The van der Waals surface area contributed by atoms with Gasteiger partial charge in [-0.2, -0.15) is 4.99 Å².